The van der Waals surface area contributed by atoms with Crippen LogP contribution in [0.15, 0.2) is 84.4 Å². The summed E-state index contributed by atoms with van der Waals surface area (Å²) in [6.07, 6.45) is 19.1. The fourth-order valence-electron chi connectivity index (χ4n) is 12.9. The van der Waals surface area contributed by atoms with Crippen LogP contribution in [0.4, 0.5) is 0 Å². The molecule has 0 aromatic heterocycles. The molecule has 3 aromatic rings. The summed E-state index contributed by atoms with van der Waals surface area (Å²) in [5.41, 5.74) is 5.40. The van der Waals surface area contributed by atoms with E-state index in [2.05, 4.69) is 47.6 Å². The van der Waals surface area contributed by atoms with Gasteiger partial charge in [-0.1, -0.05) is 96.7 Å². The van der Waals surface area contributed by atoms with Crippen LogP contribution in [-0.2, 0) is 14.2 Å². The Morgan fingerprint density at radius 3 is 2.09 bits per heavy atom. The number of unbranched alkanes of at least 4 members (excludes halogenated alkanes) is 1. The van der Waals surface area contributed by atoms with Crippen LogP contribution in [0.5, 0.6) is 11.5 Å². The highest BCUT2D eigenvalue weighted by Gasteiger charge is 2.59. The van der Waals surface area contributed by atoms with Gasteiger partial charge in [0.05, 0.1) is 37.6 Å². The minimum Gasteiger partial charge on any atom is -0.494 e. The first-order chi connectivity index (χ1) is 30.9. The topological polar surface area (TPSA) is 80.3 Å². The number of carbonyl (C=O) groups excluding carboxylic acids is 2. The quantitative estimate of drug-likeness (QED) is 0.0514. The molecular formula is C57H76O7. The van der Waals surface area contributed by atoms with Crippen molar-refractivity contribution in [1.29, 1.82) is 0 Å². The van der Waals surface area contributed by atoms with Crippen molar-refractivity contribution in [3.63, 3.8) is 0 Å². The van der Waals surface area contributed by atoms with Gasteiger partial charge in [-0.15, -0.1) is 0 Å². The molecule has 8 atom stereocenters. The van der Waals surface area contributed by atoms with Crippen LogP contribution >= 0.6 is 0 Å². The van der Waals surface area contributed by atoms with E-state index in [0.29, 0.717) is 28.9 Å². The highest BCUT2D eigenvalue weighted by molar-refractivity contribution is 5.92. The molecule has 1 heterocycles. The minimum absolute atomic E-state index is 0.112. The maximum Gasteiger partial charge on any atom is 0.343 e. The Hall–Kier alpha value is -3.94. The third-order valence-corrected chi connectivity index (χ3v) is 17.1. The van der Waals surface area contributed by atoms with E-state index in [1.54, 1.807) is 36.4 Å². The highest BCUT2D eigenvalue weighted by atomic mass is 16.5. The molecule has 8 unspecified atom stereocenters. The van der Waals surface area contributed by atoms with Gasteiger partial charge < -0.3 is 23.7 Å². The third-order valence-electron chi connectivity index (χ3n) is 17.1. The zero-order valence-electron chi connectivity index (χ0n) is 39.8. The second-order valence-corrected chi connectivity index (χ2v) is 21.5. The average Bonchev–Trinajstić information content (AvgIpc) is 3.64. The van der Waals surface area contributed by atoms with E-state index in [-0.39, 0.29) is 22.9 Å². The Balaban J connectivity index is 0.770. The standard InChI is InChI=1S/C57H76O7/c1-7-57(37-61-38-57)36-60-33-8-9-34-62-46-22-17-42(18-23-46)41-13-15-43(16-14-41)53(58)63-47-24-19-44(20-25-47)54(59)64-48-29-31-55(5)45(35-48)21-26-49-51-28-27-50(40(4)12-10-11-39(2)3)56(51,6)32-30-52(49)55/h13-25,39-40,48-52H,7-12,26-38H2,1-6H3. The fraction of sp³-hybridized carbons (Fsp3) is 0.614. The normalized spacial score (nSPS) is 28.5. The van der Waals surface area contributed by atoms with Crippen LogP contribution in [0, 0.1) is 51.8 Å². The maximum absolute atomic E-state index is 13.4. The fourth-order valence-corrected chi connectivity index (χ4v) is 12.9. The predicted molar refractivity (Wildman–Crippen MR) is 255 cm³/mol. The van der Waals surface area contributed by atoms with E-state index in [0.717, 1.165) is 117 Å². The van der Waals surface area contributed by atoms with Gasteiger partial charge in [0.1, 0.15) is 17.6 Å². The molecule has 4 aliphatic carbocycles. The lowest BCUT2D eigenvalue weighted by Crippen LogP contribution is -2.51. The number of hydrogen-bond acceptors (Lipinski definition) is 7. The summed E-state index contributed by atoms with van der Waals surface area (Å²) >= 11 is 0. The van der Waals surface area contributed by atoms with Crippen molar-refractivity contribution < 1.29 is 33.3 Å². The second-order valence-electron chi connectivity index (χ2n) is 21.5. The van der Waals surface area contributed by atoms with Crippen molar-refractivity contribution in [1.82, 2.24) is 0 Å². The molecule has 0 N–H and O–H groups in total. The molecule has 7 heteroatoms. The van der Waals surface area contributed by atoms with Crippen molar-refractivity contribution in [2.24, 2.45) is 51.8 Å². The van der Waals surface area contributed by atoms with Crippen LogP contribution in [0.3, 0.4) is 0 Å². The van der Waals surface area contributed by atoms with Crippen molar-refractivity contribution in [2.75, 3.05) is 33.0 Å². The SMILES string of the molecule is CCC1(COCCCCOc2ccc(-c3ccc(C(=O)Oc4ccc(C(=O)OC5CCC6(C)C(=CCC7C6CCC6(C)C(C(C)CCCC(C)C)CCC76)C5)cc4)cc3)cc2)COC1. The number of hydrogen-bond donors (Lipinski definition) is 0. The Morgan fingerprint density at radius 1 is 0.734 bits per heavy atom. The summed E-state index contributed by atoms with van der Waals surface area (Å²) < 4.78 is 29.1. The zero-order valence-corrected chi connectivity index (χ0v) is 39.8. The number of carbonyl (C=O) groups is 2. The predicted octanol–water partition coefficient (Wildman–Crippen LogP) is 13.7. The number of esters is 2. The van der Waals surface area contributed by atoms with E-state index < -0.39 is 5.97 Å². The van der Waals surface area contributed by atoms with Crippen molar-refractivity contribution in [3.05, 3.63) is 95.6 Å². The van der Waals surface area contributed by atoms with Crippen LogP contribution in [0.1, 0.15) is 152 Å². The van der Waals surface area contributed by atoms with E-state index in [4.69, 9.17) is 23.7 Å². The molecule has 3 aromatic carbocycles. The van der Waals surface area contributed by atoms with Gasteiger partial charge in [0, 0.05) is 18.4 Å². The average molecular weight is 873 g/mol. The lowest BCUT2D eigenvalue weighted by atomic mass is 9.47. The number of fused-ring (bicyclic) bond motifs is 5. The van der Waals surface area contributed by atoms with Gasteiger partial charge >= 0.3 is 11.9 Å². The maximum atomic E-state index is 13.4. The largest absolute Gasteiger partial charge is 0.494 e. The lowest BCUT2D eigenvalue weighted by Gasteiger charge is -2.58. The Labute approximate surface area is 384 Å². The van der Waals surface area contributed by atoms with Crippen molar-refractivity contribution >= 4 is 11.9 Å². The molecular weight excluding hydrogens is 797 g/mol. The summed E-state index contributed by atoms with van der Waals surface area (Å²) in [7, 11) is 0. The van der Waals surface area contributed by atoms with Gasteiger partial charge in [-0.25, -0.2) is 9.59 Å². The molecule has 0 radical (unpaired) electrons. The Kier molecular flexibility index (Phi) is 14.8. The van der Waals surface area contributed by atoms with Crippen LogP contribution in [0.25, 0.3) is 11.1 Å². The first-order valence-electron chi connectivity index (χ1n) is 25.1. The number of ether oxygens (including phenoxy) is 5. The number of benzene rings is 3. The van der Waals surface area contributed by atoms with Gasteiger partial charge in [0.15, 0.2) is 0 Å². The van der Waals surface area contributed by atoms with E-state index >= 15 is 0 Å². The van der Waals surface area contributed by atoms with Gasteiger partial charge in [-0.2, -0.15) is 0 Å². The molecule has 1 saturated heterocycles. The first kappa shape index (κ1) is 46.6. The molecule has 64 heavy (non-hydrogen) atoms. The number of allylic oxidation sites excluding steroid dienone is 1. The summed E-state index contributed by atoms with van der Waals surface area (Å²) in [5.74, 6) is 5.31. The van der Waals surface area contributed by atoms with Gasteiger partial charge in [0.25, 0.3) is 0 Å². The Morgan fingerprint density at radius 2 is 1.41 bits per heavy atom. The summed E-state index contributed by atoms with van der Waals surface area (Å²) in [6.45, 7) is 18.5. The minimum atomic E-state index is -0.451. The van der Waals surface area contributed by atoms with Crippen molar-refractivity contribution in [3.8, 4) is 22.6 Å². The van der Waals surface area contributed by atoms with E-state index in [9.17, 15) is 9.59 Å². The number of rotatable bonds is 19. The molecule has 0 bridgehead atoms. The smallest absolute Gasteiger partial charge is 0.343 e. The third kappa shape index (κ3) is 10.2. The summed E-state index contributed by atoms with van der Waals surface area (Å²) in [5, 5.41) is 0. The molecule has 346 valence electrons. The van der Waals surface area contributed by atoms with Gasteiger partial charge in [0.2, 0.25) is 0 Å². The lowest BCUT2D eigenvalue weighted by molar-refractivity contribution is -0.150. The second kappa shape index (κ2) is 20.3. The van der Waals surface area contributed by atoms with Crippen molar-refractivity contribution in [2.45, 2.75) is 138 Å². The first-order valence-corrected chi connectivity index (χ1v) is 25.1. The molecule has 0 spiro atoms. The molecule has 1 aliphatic heterocycles. The summed E-state index contributed by atoms with van der Waals surface area (Å²) in [4.78, 5) is 26.5. The molecule has 0 amide bonds. The monoisotopic (exact) mass is 873 g/mol. The van der Waals surface area contributed by atoms with Crippen LogP contribution in [-0.4, -0.2) is 51.1 Å². The molecule has 3 saturated carbocycles. The van der Waals surface area contributed by atoms with E-state index in [1.165, 1.54) is 56.9 Å². The Bertz CT molecular complexity index is 2040. The van der Waals surface area contributed by atoms with Crippen LogP contribution in [0.2, 0.25) is 0 Å². The van der Waals surface area contributed by atoms with E-state index in [1.807, 2.05) is 36.4 Å². The molecule has 5 aliphatic rings. The molecule has 8 rings (SSSR count). The summed E-state index contributed by atoms with van der Waals surface area (Å²) in [6, 6.07) is 22.2. The van der Waals surface area contributed by atoms with Crippen LogP contribution < -0.4 is 9.47 Å². The molecule has 4 fully saturated rings. The highest BCUT2D eigenvalue weighted by Crippen LogP contribution is 2.67. The van der Waals surface area contributed by atoms with Gasteiger partial charge in [-0.3, -0.25) is 0 Å². The zero-order chi connectivity index (χ0) is 44.9. The van der Waals surface area contributed by atoms with Gasteiger partial charge in [-0.05, 0) is 170 Å². The molecule has 7 nitrogen and oxygen atoms in total.